The van der Waals surface area contributed by atoms with Gasteiger partial charge in [0.2, 0.25) is 5.91 Å². The van der Waals surface area contributed by atoms with Crippen LogP contribution >= 0.6 is 15.9 Å². The second kappa shape index (κ2) is 7.05. The molecule has 5 heteroatoms. The predicted molar refractivity (Wildman–Crippen MR) is 95.6 cm³/mol. The number of carbonyl (C=O) groups excluding carboxylic acids is 1. The molecule has 0 unspecified atom stereocenters. The molecule has 1 amide bonds. The number of ether oxygens (including phenoxy) is 1. The molecule has 124 valence electrons. The number of likely N-dealkylation sites (tertiary alicyclic amines) is 1. The molecule has 0 spiro atoms. The number of hydrogen-bond acceptors (Lipinski definition) is 2. The minimum absolute atomic E-state index is 0.191. The topological polar surface area (TPSA) is 34.5 Å². The second-order valence-corrected chi connectivity index (χ2v) is 6.83. The molecule has 2 aromatic rings. The van der Waals surface area contributed by atoms with Crippen molar-refractivity contribution >= 4 is 32.7 Å². The van der Waals surface area contributed by atoms with E-state index in [1.807, 2.05) is 24.0 Å². The Balaban J connectivity index is 1.73. The zero-order chi connectivity index (χ0) is 16.4. The molecule has 0 N–H and O–H groups in total. The largest absolute Gasteiger partial charge is 0.378 e. The van der Waals surface area contributed by atoms with E-state index >= 15 is 0 Å². The maximum atomic E-state index is 12.7. The molecule has 0 radical (unpaired) electrons. The van der Waals surface area contributed by atoms with Crippen molar-refractivity contribution in [2.45, 2.75) is 39.3 Å². The number of hydrogen-bond donors (Lipinski definition) is 0. The quantitative estimate of drug-likeness (QED) is 0.811. The van der Waals surface area contributed by atoms with Crippen molar-refractivity contribution in [3.05, 3.63) is 34.4 Å². The lowest BCUT2D eigenvalue weighted by Gasteiger charge is -2.32. The fraction of sp³-hybridized carbons (Fsp3) is 0.500. The number of aromatic nitrogens is 1. The number of para-hydroxylation sites is 1. The fourth-order valence-corrected chi connectivity index (χ4v) is 3.88. The van der Waals surface area contributed by atoms with Gasteiger partial charge in [-0.15, -0.1) is 0 Å². The SMILES string of the molecule is CCOC1CCN(C(=O)Cn2c(C)c(Br)c3ccccc32)CC1. The minimum Gasteiger partial charge on any atom is -0.378 e. The molecule has 1 aliphatic rings. The van der Waals surface area contributed by atoms with Crippen LogP contribution in [0.25, 0.3) is 10.9 Å². The van der Waals surface area contributed by atoms with Gasteiger partial charge in [-0.1, -0.05) is 18.2 Å². The lowest BCUT2D eigenvalue weighted by Crippen LogP contribution is -2.42. The van der Waals surface area contributed by atoms with E-state index < -0.39 is 0 Å². The number of fused-ring (bicyclic) bond motifs is 1. The van der Waals surface area contributed by atoms with Crippen molar-refractivity contribution in [2.24, 2.45) is 0 Å². The Hall–Kier alpha value is -1.33. The van der Waals surface area contributed by atoms with Crippen LogP contribution in [-0.2, 0) is 16.1 Å². The molecule has 0 atom stereocenters. The van der Waals surface area contributed by atoms with Crippen molar-refractivity contribution in [3.63, 3.8) is 0 Å². The summed E-state index contributed by atoms with van der Waals surface area (Å²) in [7, 11) is 0. The molecule has 0 bridgehead atoms. The van der Waals surface area contributed by atoms with E-state index in [2.05, 4.69) is 39.6 Å². The molecule has 0 aliphatic carbocycles. The third kappa shape index (κ3) is 3.31. The molecule has 1 aliphatic heterocycles. The van der Waals surface area contributed by atoms with Crippen LogP contribution in [0.1, 0.15) is 25.5 Å². The number of halogens is 1. The molecular weight excluding hydrogens is 356 g/mol. The highest BCUT2D eigenvalue weighted by Crippen LogP contribution is 2.30. The first-order valence-corrected chi connectivity index (χ1v) is 9.03. The van der Waals surface area contributed by atoms with Gasteiger partial charge in [-0.05, 0) is 48.7 Å². The molecule has 1 aromatic heterocycles. The number of carbonyl (C=O) groups is 1. The van der Waals surface area contributed by atoms with E-state index in [9.17, 15) is 4.79 Å². The Morgan fingerprint density at radius 3 is 2.70 bits per heavy atom. The standard InChI is InChI=1S/C18H23BrN2O2/c1-3-23-14-8-10-20(11-9-14)17(22)12-21-13(2)18(19)15-6-4-5-7-16(15)21/h4-7,14H,3,8-12H2,1-2H3. The number of piperidine rings is 1. The van der Waals surface area contributed by atoms with Gasteiger partial charge in [-0.3, -0.25) is 4.79 Å². The van der Waals surface area contributed by atoms with Crippen molar-refractivity contribution in [1.29, 1.82) is 0 Å². The van der Waals surface area contributed by atoms with Gasteiger partial charge in [0.05, 0.1) is 6.10 Å². The van der Waals surface area contributed by atoms with Crippen molar-refractivity contribution < 1.29 is 9.53 Å². The maximum absolute atomic E-state index is 12.7. The summed E-state index contributed by atoms with van der Waals surface area (Å²) in [6, 6.07) is 8.20. The summed E-state index contributed by atoms with van der Waals surface area (Å²) < 4.78 is 8.85. The van der Waals surface area contributed by atoms with E-state index in [-0.39, 0.29) is 5.91 Å². The van der Waals surface area contributed by atoms with Crippen LogP contribution in [-0.4, -0.2) is 41.2 Å². The Morgan fingerprint density at radius 2 is 2.00 bits per heavy atom. The number of rotatable bonds is 4. The third-order valence-electron chi connectivity index (χ3n) is 4.64. The first kappa shape index (κ1) is 16.5. The number of amides is 1. The van der Waals surface area contributed by atoms with Crippen LogP contribution in [0.5, 0.6) is 0 Å². The van der Waals surface area contributed by atoms with Gasteiger partial charge in [0.1, 0.15) is 6.54 Å². The monoisotopic (exact) mass is 378 g/mol. The lowest BCUT2D eigenvalue weighted by atomic mass is 10.1. The molecule has 0 saturated carbocycles. The normalized spacial score (nSPS) is 16.2. The van der Waals surface area contributed by atoms with Gasteiger partial charge in [0.25, 0.3) is 0 Å². The van der Waals surface area contributed by atoms with Gasteiger partial charge in [-0.2, -0.15) is 0 Å². The summed E-state index contributed by atoms with van der Waals surface area (Å²) in [4.78, 5) is 14.7. The van der Waals surface area contributed by atoms with Crippen LogP contribution in [0.4, 0.5) is 0 Å². The average Bonchev–Trinajstić information content (AvgIpc) is 2.81. The molecule has 1 fully saturated rings. The molecule has 4 nitrogen and oxygen atoms in total. The second-order valence-electron chi connectivity index (χ2n) is 6.04. The molecule has 2 heterocycles. The first-order valence-electron chi connectivity index (χ1n) is 8.24. The smallest absolute Gasteiger partial charge is 0.242 e. The summed E-state index contributed by atoms with van der Waals surface area (Å²) in [6.07, 6.45) is 2.19. The van der Waals surface area contributed by atoms with Gasteiger partial charge in [0, 0.05) is 40.8 Å². The van der Waals surface area contributed by atoms with Crippen LogP contribution in [0, 0.1) is 6.92 Å². The van der Waals surface area contributed by atoms with Crippen molar-refractivity contribution in [3.8, 4) is 0 Å². The number of nitrogens with zero attached hydrogens (tertiary/aromatic N) is 2. The molecule has 23 heavy (non-hydrogen) atoms. The third-order valence-corrected chi connectivity index (χ3v) is 5.65. The zero-order valence-electron chi connectivity index (χ0n) is 13.7. The highest BCUT2D eigenvalue weighted by Gasteiger charge is 2.24. The Morgan fingerprint density at radius 1 is 1.30 bits per heavy atom. The lowest BCUT2D eigenvalue weighted by molar-refractivity contribution is -0.134. The van der Waals surface area contributed by atoms with Gasteiger partial charge in [0.15, 0.2) is 0 Å². The van der Waals surface area contributed by atoms with Gasteiger partial charge >= 0.3 is 0 Å². The minimum atomic E-state index is 0.191. The molecule has 1 aromatic carbocycles. The predicted octanol–water partition coefficient (Wildman–Crippen LogP) is 3.74. The summed E-state index contributed by atoms with van der Waals surface area (Å²) in [5, 5.41) is 1.16. The van der Waals surface area contributed by atoms with E-state index in [4.69, 9.17) is 4.74 Å². The summed E-state index contributed by atoms with van der Waals surface area (Å²) in [6.45, 7) is 6.82. The molecule has 3 rings (SSSR count). The summed E-state index contributed by atoms with van der Waals surface area (Å²) >= 11 is 3.65. The van der Waals surface area contributed by atoms with Crippen molar-refractivity contribution in [1.82, 2.24) is 9.47 Å². The van der Waals surface area contributed by atoms with E-state index in [0.29, 0.717) is 12.6 Å². The highest BCUT2D eigenvalue weighted by atomic mass is 79.9. The highest BCUT2D eigenvalue weighted by molar-refractivity contribution is 9.10. The molecule has 1 saturated heterocycles. The average molecular weight is 379 g/mol. The van der Waals surface area contributed by atoms with Crippen molar-refractivity contribution in [2.75, 3.05) is 19.7 Å². The van der Waals surface area contributed by atoms with E-state index in [0.717, 1.165) is 53.6 Å². The van der Waals surface area contributed by atoms with Crippen LogP contribution in [0.2, 0.25) is 0 Å². The van der Waals surface area contributed by atoms with Gasteiger partial charge < -0.3 is 14.2 Å². The van der Waals surface area contributed by atoms with Crippen LogP contribution in [0.15, 0.2) is 28.7 Å². The summed E-state index contributed by atoms with van der Waals surface area (Å²) in [5.74, 6) is 0.191. The fourth-order valence-electron chi connectivity index (χ4n) is 3.34. The maximum Gasteiger partial charge on any atom is 0.242 e. The number of benzene rings is 1. The molecular formula is C18H23BrN2O2. The van der Waals surface area contributed by atoms with Crippen LogP contribution in [0.3, 0.4) is 0 Å². The van der Waals surface area contributed by atoms with E-state index in [1.54, 1.807) is 0 Å². The van der Waals surface area contributed by atoms with Crippen LogP contribution < -0.4 is 0 Å². The Labute approximate surface area is 145 Å². The first-order chi connectivity index (χ1) is 11.1. The van der Waals surface area contributed by atoms with Gasteiger partial charge in [-0.25, -0.2) is 0 Å². The van der Waals surface area contributed by atoms with E-state index in [1.165, 1.54) is 0 Å². The summed E-state index contributed by atoms with van der Waals surface area (Å²) in [5.41, 5.74) is 2.21. The Kier molecular flexibility index (Phi) is 5.07. The Bertz CT molecular complexity index is 702. The zero-order valence-corrected chi connectivity index (χ0v) is 15.3.